The molecule has 2 aromatic rings. The molecule has 3 nitrogen and oxygen atoms in total. The van der Waals surface area contributed by atoms with Crippen molar-refractivity contribution in [3.8, 4) is 0 Å². The molecule has 0 amide bonds. The third-order valence-electron chi connectivity index (χ3n) is 3.99. The molecule has 0 fully saturated rings. The predicted molar refractivity (Wildman–Crippen MR) is 89.4 cm³/mol. The lowest BCUT2D eigenvalue weighted by atomic mass is 9.98. The quantitative estimate of drug-likeness (QED) is 0.771. The summed E-state index contributed by atoms with van der Waals surface area (Å²) in [5.41, 5.74) is 3.83. The van der Waals surface area contributed by atoms with Crippen LogP contribution >= 0.6 is 11.6 Å². The summed E-state index contributed by atoms with van der Waals surface area (Å²) < 4.78 is 36.8. The lowest BCUT2D eigenvalue weighted by Crippen LogP contribution is -1.97. The van der Waals surface area contributed by atoms with Crippen molar-refractivity contribution in [3.05, 3.63) is 58.6 Å². The number of benzene rings is 1. The van der Waals surface area contributed by atoms with Gasteiger partial charge >= 0.3 is 0 Å². The molecule has 0 radical (unpaired) electrons. The first kappa shape index (κ1) is 16.1. The molecule has 0 aliphatic heterocycles. The van der Waals surface area contributed by atoms with Crippen LogP contribution in [0.5, 0.6) is 0 Å². The van der Waals surface area contributed by atoms with E-state index in [2.05, 4.69) is 4.98 Å². The van der Waals surface area contributed by atoms with Gasteiger partial charge in [-0.25, -0.2) is 17.8 Å². The molecule has 3 rings (SSSR count). The summed E-state index contributed by atoms with van der Waals surface area (Å²) in [6.07, 6.45) is 5.45. The van der Waals surface area contributed by atoms with Gasteiger partial charge in [0.15, 0.2) is 20.8 Å². The van der Waals surface area contributed by atoms with E-state index >= 15 is 0 Å². The number of aromatic nitrogens is 1. The van der Waals surface area contributed by atoms with Crippen LogP contribution in [0.2, 0.25) is 5.15 Å². The number of rotatable bonds is 3. The highest BCUT2D eigenvalue weighted by atomic mass is 35.5. The largest absolute Gasteiger partial charge is 0.241 e. The lowest BCUT2D eigenvalue weighted by Gasteiger charge is -2.09. The van der Waals surface area contributed by atoms with Crippen molar-refractivity contribution in [2.75, 3.05) is 6.26 Å². The Kier molecular flexibility index (Phi) is 4.25. The summed E-state index contributed by atoms with van der Waals surface area (Å²) in [7, 11) is -3.21. The van der Waals surface area contributed by atoms with Crippen LogP contribution < -0.4 is 0 Å². The predicted octanol–water partition coefficient (Wildman–Crippen LogP) is 4.37. The van der Waals surface area contributed by atoms with E-state index in [9.17, 15) is 12.8 Å². The highest BCUT2D eigenvalue weighted by Gasteiger charge is 2.19. The van der Waals surface area contributed by atoms with Gasteiger partial charge in [-0.3, -0.25) is 0 Å². The normalized spacial score (nSPS) is 15.3. The third-order valence-corrected chi connectivity index (χ3v) is 5.40. The van der Waals surface area contributed by atoms with Crippen LogP contribution in [-0.2, 0) is 9.84 Å². The Balaban J connectivity index is 2.04. The zero-order valence-corrected chi connectivity index (χ0v) is 14.1. The maximum atomic E-state index is 13.7. The Hall–Kier alpha value is -1.72. The van der Waals surface area contributed by atoms with Gasteiger partial charge in [0.05, 0.1) is 4.90 Å². The molecule has 1 aliphatic rings. The van der Waals surface area contributed by atoms with Crippen molar-refractivity contribution in [1.29, 1.82) is 0 Å². The fourth-order valence-corrected chi connectivity index (χ4v) is 3.60. The first-order chi connectivity index (χ1) is 10.9. The summed E-state index contributed by atoms with van der Waals surface area (Å²) in [5.74, 6) is -0.532. The van der Waals surface area contributed by atoms with Crippen molar-refractivity contribution in [3.63, 3.8) is 0 Å². The van der Waals surface area contributed by atoms with Crippen LogP contribution in [0, 0.1) is 5.82 Å². The molecule has 1 heterocycles. The van der Waals surface area contributed by atoms with Crippen LogP contribution in [0.25, 0.3) is 11.1 Å². The minimum atomic E-state index is -3.21. The van der Waals surface area contributed by atoms with E-state index in [1.807, 2.05) is 0 Å². The van der Waals surface area contributed by atoms with Crippen LogP contribution in [0.4, 0.5) is 4.39 Å². The van der Waals surface area contributed by atoms with Crippen LogP contribution in [0.3, 0.4) is 0 Å². The first-order valence-electron chi connectivity index (χ1n) is 7.20. The molecular weight excluding hydrogens is 337 g/mol. The van der Waals surface area contributed by atoms with Gasteiger partial charge in [0.25, 0.3) is 0 Å². The summed E-state index contributed by atoms with van der Waals surface area (Å²) >= 11 is 5.64. The van der Waals surface area contributed by atoms with E-state index in [0.717, 1.165) is 41.5 Å². The van der Waals surface area contributed by atoms with E-state index < -0.39 is 15.7 Å². The fourth-order valence-electron chi connectivity index (χ4n) is 2.87. The number of hydrogen-bond donors (Lipinski definition) is 0. The Bertz CT molecular complexity index is 889. The summed E-state index contributed by atoms with van der Waals surface area (Å²) in [4.78, 5) is 4.17. The lowest BCUT2D eigenvalue weighted by molar-refractivity contribution is 0.602. The average Bonchev–Trinajstić information content (AvgIpc) is 2.99. The van der Waals surface area contributed by atoms with Crippen LogP contribution in [0.1, 0.15) is 30.4 Å². The fraction of sp³-hybridized carbons (Fsp3) is 0.235. The van der Waals surface area contributed by atoms with Gasteiger partial charge in [0.2, 0.25) is 0 Å². The van der Waals surface area contributed by atoms with Gasteiger partial charge in [-0.15, -0.1) is 0 Å². The summed E-state index contributed by atoms with van der Waals surface area (Å²) in [6, 6.07) is 8.22. The highest BCUT2D eigenvalue weighted by molar-refractivity contribution is 7.90. The van der Waals surface area contributed by atoms with E-state index in [-0.39, 0.29) is 5.15 Å². The smallest absolute Gasteiger partial charge is 0.175 e. The second kappa shape index (κ2) is 6.06. The van der Waals surface area contributed by atoms with E-state index in [1.54, 1.807) is 30.5 Å². The number of pyridine rings is 1. The van der Waals surface area contributed by atoms with Gasteiger partial charge in [-0.2, -0.15) is 0 Å². The third kappa shape index (κ3) is 3.31. The SMILES string of the molecule is CS(=O)(=O)c1ccc(C2=C(c3cnc(Cl)c(F)c3)CCC2)cc1. The topological polar surface area (TPSA) is 47.0 Å². The molecule has 1 aromatic heterocycles. The second-order valence-electron chi connectivity index (χ2n) is 5.60. The Labute approximate surface area is 139 Å². The van der Waals surface area contributed by atoms with Gasteiger partial charge in [-0.1, -0.05) is 23.7 Å². The van der Waals surface area contributed by atoms with Gasteiger partial charge < -0.3 is 0 Å². The molecule has 0 N–H and O–H groups in total. The van der Waals surface area contributed by atoms with Crippen LogP contribution in [-0.4, -0.2) is 19.7 Å². The molecule has 23 heavy (non-hydrogen) atoms. The highest BCUT2D eigenvalue weighted by Crippen LogP contribution is 2.40. The standard InChI is InChI=1S/C17H15ClFNO2S/c1-23(21,22)13-7-5-11(6-8-13)14-3-2-4-15(14)12-9-16(19)17(18)20-10-12/h5-10H,2-4H2,1H3. The molecule has 0 saturated carbocycles. The van der Waals surface area contributed by atoms with Crippen molar-refractivity contribution in [1.82, 2.24) is 4.98 Å². The monoisotopic (exact) mass is 351 g/mol. The maximum absolute atomic E-state index is 13.7. The molecule has 6 heteroatoms. The van der Waals surface area contributed by atoms with Crippen LogP contribution in [0.15, 0.2) is 41.4 Å². The van der Waals surface area contributed by atoms with Crippen molar-refractivity contribution in [2.45, 2.75) is 24.2 Å². The molecule has 0 spiro atoms. The molecule has 1 aromatic carbocycles. The zero-order chi connectivity index (χ0) is 16.6. The van der Waals surface area contributed by atoms with E-state index in [4.69, 9.17) is 11.6 Å². The minimum absolute atomic E-state index is 0.133. The number of allylic oxidation sites excluding steroid dienone is 2. The molecule has 1 aliphatic carbocycles. The van der Waals surface area contributed by atoms with Crippen molar-refractivity contribution >= 4 is 32.6 Å². The van der Waals surface area contributed by atoms with Crippen molar-refractivity contribution in [2.24, 2.45) is 0 Å². The average molecular weight is 352 g/mol. The number of halogens is 2. The van der Waals surface area contributed by atoms with Gasteiger partial charge in [0, 0.05) is 12.5 Å². The Morgan fingerprint density at radius 3 is 2.26 bits per heavy atom. The maximum Gasteiger partial charge on any atom is 0.175 e. The number of nitrogens with zero attached hydrogens (tertiary/aromatic N) is 1. The molecule has 0 saturated heterocycles. The number of sulfone groups is 1. The molecule has 0 bridgehead atoms. The van der Waals surface area contributed by atoms with E-state index in [0.29, 0.717) is 4.90 Å². The van der Waals surface area contributed by atoms with Gasteiger partial charge in [0.1, 0.15) is 0 Å². The van der Waals surface area contributed by atoms with E-state index in [1.165, 1.54) is 12.3 Å². The summed E-state index contributed by atoms with van der Waals surface area (Å²) in [5, 5.41) is -0.133. The van der Waals surface area contributed by atoms with Gasteiger partial charge in [-0.05, 0) is 59.7 Å². The molecule has 120 valence electrons. The van der Waals surface area contributed by atoms with Crippen molar-refractivity contribution < 1.29 is 12.8 Å². The Morgan fingerprint density at radius 1 is 1.09 bits per heavy atom. The number of hydrogen-bond acceptors (Lipinski definition) is 3. The second-order valence-corrected chi connectivity index (χ2v) is 7.98. The Morgan fingerprint density at radius 2 is 1.70 bits per heavy atom. The first-order valence-corrected chi connectivity index (χ1v) is 9.47. The molecule has 0 atom stereocenters. The molecular formula is C17H15ClFNO2S. The molecule has 0 unspecified atom stereocenters. The minimum Gasteiger partial charge on any atom is -0.241 e. The summed E-state index contributed by atoms with van der Waals surface area (Å²) in [6.45, 7) is 0. The zero-order valence-electron chi connectivity index (χ0n) is 12.5.